The van der Waals surface area contributed by atoms with Crippen LogP contribution >= 0.6 is 11.8 Å². The highest BCUT2D eigenvalue weighted by Gasteiger charge is 2.32. The lowest BCUT2D eigenvalue weighted by Crippen LogP contribution is -2.30. The molecular formula is C17H17NO3S. The Kier molecular flexibility index (Phi) is 4.09. The maximum atomic E-state index is 12.2. The number of aliphatic hydroxyl groups excluding tert-OH is 1. The van der Waals surface area contributed by atoms with E-state index in [-0.39, 0.29) is 11.2 Å². The van der Waals surface area contributed by atoms with E-state index in [2.05, 4.69) is 5.32 Å². The van der Waals surface area contributed by atoms with Crippen molar-refractivity contribution >= 4 is 23.4 Å². The van der Waals surface area contributed by atoms with Crippen LogP contribution in [-0.4, -0.2) is 24.2 Å². The van der Waals surface area contributed by atoms with Gasteiger partial charge in [-0.05, 0) is 42.3 Å². The van der Waals surface area contributed by atoms with E-state index in [9.17, 15) is 9.90 Å². The quantitative estimate of drug-likeness (QED) is 0.894. The molecule has 1 heterocycles. The van der Waals surface area contributed by atoms with Crippen LogP contribution in [-0.2, 0) is 4.79 Å². The van der Waals surface area contributed by atoms with E-state index in [1.807, 2.05) is 49.4 Å². The Morgan fingerprint density at radius 2 is 1.91 bits per heavy atom. The number of thioether (sulfide) groups is 1. The van der Waals surface area contributed by atoms with Gasteiger partial charge >= 0.3 is 0 Å². The summed E-state index contributed by atoms with van der Waals surface area (Å²) in [5.41, 5.74) is 2.75. The third-order valence-corrected chi connectivity index (χ3v) is 5.02. The lowest BCUT2D eigenvalue weighted by molar-refractivity contribution is -0.124. The highest BCUT2D eigenvalue weighted by atomic mass is 32.2. The summed E-state index contributed by atoms with van der Waals surface area (Å²) in [5, 5.41) is 12.8. The maximum Gasteiger partial charge on any atom is 0.254 e. The standard InChI is InChI=1S/C17H17NO3S/c1-10-3-8-13-14(9-10)22-16(15(19)17(20)18-13)11-4-6-12(21-2)7-5-11/h3-9,15-16,19H,1-2H3,(H,18,20)/t15-,16+/m0/s1. The van der Waals surface area contributed by atoms with Crippen molar-refractivity contribution in [1.29, 1.82) is 0 Å². The van der Waals surface area contributed by atoms with Gasteiger partial charge in [-0.15, -0.1) is 11.8 Å². The molecule has 2 atom stereocenters. The van der Waals surface area contributed by atoms with Crippen molar-refractivity contribution in [3.05, 3.63) is 53.6 Å². The summed E-state index contributed by atoms with van der Waals surface area (Å²) < 4.78 is 5.15. The molecule has 0 aromatic heterocycles. The van der Waals surface area contributed by atoms with Crippen molar-refractivity contribution in [3.63, 3.8) is 0 Å². The Bertz CT molecular complexity index is 700. The molecule has 0 saturated heterocycles. The molecule has 1 aliphatic heterocycles. The lowest BCUT2D eigenvalue weighted by atomic mass is 10.1. The number of rotatable bonds is 2. The number of nitrogens with one attached hydrogen (secondary N) is 1. The molecule has 1 amide bonds. The molecule has 114 valence electrons. The lowest BCUT2D eigenvalue weighted by Gasteiger charge is -2.19. The number of ether oxygens (including phenoxy) is 1. The van der Waals surface area contributed by atoms with Gasteiger partial charge in [0.05, 0.1) is 18.0 Å². The number of fused-ring (bicyclic) bond motifs is 1. The maximum absolute atomic E-state index is 12.2. The normalized spacial score (nSPS) is 20.8. The summed E-state index contributed by atoms with van der Waals surface area (Å²) in [5.74, 6) is 0.369. The Labute approximate surface area is 133 Å². The van der Waals surface area contributed by atoms with E-state index in [0.29, 0.717) is 0 Å². The summed E-state index contributed by atoms with van der Waals surface area (Å²) in [4.78, 5) is 13.1. The molecule has 0 bridgehead atoms. The second-order valence-corrected chi connectivity index (χ2v) is 6.43. The topological polar surface area (TPSA) is 58.6 Å². The van der Waals surface area contributed by atoms with E-state index >= 15 is 0 Å². The number of carbonyl (C=O) groups is 1. The van der Waals surface area contributed by atoms with Gasteiger partial charge in [0.15, 0.2) is 0 Å². The van der Waals surface area contributed by atoms with Gasteiger partial charge in [0, 0.05) is 4.90 Å². The number of hydrogen-bond acceptors (Lipinski definition) is 4. The third kappa shape index (κ3) is 2.82. The van der Waals surface area contributed by atoms with Crippen molar-refractivity contribution < 1.29 is 14.6 Å². The van der Waals surface area contributed by atoms with Crippen molar-refractivity contribution in [2.45, 2.75) is 23.2 Å². The highest BCUT2D eigenvalue weighted by molar-refractivity contribution is 7.99. The van der Waals surface area contributed by atoms with E-state index < -0.39 is 6.10 Å². The molecule has 0 aliphatic carbocycles. The number of anilines is 1. The number of methoxy groups -OCH3 is 1. The second-order valence-electron chi connectivity index (χ2n) is 5.25. The first-order chi connectivity index (χ1) is 10.6. The van der Waals surface area contributed by atoms with Crippen LogP contribution in [0.1, 0.15) is 16.4 Å². The van der Waals surface area contributed by atoms with Gasteiger partial charge in [-0.1, -0.05) is 18.2 Å². The van der Waals surface area contributed by atoms with Crippen LogP contribution in [0.2, 0.25) is 0 Å². The predicted octanol–water partition coefficient (Wildman–Crippen LogP) is 3.15. The zero-order valence-corrected chi connectivity index (χ0v) is 13.2. The fourth-order valence-electron chi connectivity index (χ4n) is 2.42. The SMILES string of the molecule is COc1ccc([C@H]2Sc3cc(C)ccc3NC(=O)[C@H]2O)cc1. The summed E-state index contributed by atoms with van der Waals surface area (Å²) >= 11 is 1.50. The van der Waals surface area contributed by atoms with E-state index in [0.717, 1.165) is 27.5 Å². The van der Waals surface area contributed by atoms with E-state index in [1.165, 1.54) is 11.8 Å². The average molecular weight is 315 g/mol. The van der Waals surface area contributed by atoms with Gasteiger partial charge in [-0.2, -0.15) is 0 Å². The van der Waals surface area contributed by atoms with Crippen molar-refractivity contribution in [3.8, 4) is 5.75 Å². The molecule has 0 fully saturated rings. The molecule has 0 radical (unpaired) electrons. The van der Waals surface area contributed by atoms with Gasteiger partial charge < -0.3 is 15.2 Å². The molecule has 2 aromatic carbocycles. The Morgan fingerprint density at radius 1 is 1.18 bits per heavy atom. The van der Waals surface area contributed by atoms with E-state index in [1.54, 1.807) is 7.11 Å². The van der Waals surface area contributed by atoms with Gasteiger partial charge in [-0.3, -0.25) is 4.79 Å². The van der Waals surface area contributed by atoms with Gasteiger partial charge in [0.2, 0.25) is 0 Å². The number of benzene rings is 2. The largest absolute Gasteiger partial charge is 0.497 e. The highest BCUT2D eigenvalue weighted by Crippen LogP contribution is 2.44. The summed E-state index contributed by atoms with van der Waals surface area (Å²) in [6.45, 7) is 2.01. The fraction of sp³-hybridized carbons (Fsp3) is 0.235. The minimum Gasteiger partial charge on any atom is -0.497 e. The molecule has 1 aliphatic rings. The summed E-state index contributed by atoms with van der Waals surface area (Å²) in [6, 6.07) is 13.3. The molecule has 0 spiro atoms. The Morgan fingerprint density at radius 3 is 2.59 bits per heavy atom. The summed E-state index contributed by atoms with van der Waals surface area (Å²) in [7, 11) is 1.61. The Balaban J connectivity index is 2.00. The molecule has 3 rings (SSSR count). The predicted molar refractivity (Wildman–Crippen MR) is 87.4 cm³/mol. The number of amides is 1. The van der Waals surface area contributed by atoms with E-state index in [4.69, 9.17) is 4.74 Å². The molecule has 0 saturated carbocycles. The van der Waals surface area contributed by atoms with Gasteiger partial charge in [0.25, 0.3) is 5.91 Å². The van der Waals surface area contributed by atoms with Crippen LogP contribution in [0.4, 0.5) is 5.69 Å². The first kappa shape index (κ1) is 14.9. The Hall–Kier alpha value is -1.98. The van der Waals surface area contributed by atoms with Crippen LogP contribution in [0.3, 0.4) is 0 Å². The number of hydrogen-bond donors (Lipinski definition) is 2. The van der Waals surface area contributed by atoms with Gasteiger partial charge in [-0.25, -0.2) is 0 Å². The monoisotopic (exact) mass is 315 g/mol. The minimum atomic E-state index is -1.11. The molecule has 0 unspecified atom stereocenters. The smallest absolute Gasteiger partial charge is 0.254 e. The zero-order valence-electron chi connectivity index (χ0n) is 12.4. The van der Waals surface area contributed by atoms with Crippen molar-refractivity contribution in [2.75, 3.05) is 12.4 Å². The molecule has 2 aromatic rings. The second kappa shape index (κ2) is 6.02. The van der Waals surface area contributed by atoms with Crippen LogP contribution in [0.5, 0.6) is 5.75 Å². The van der Waals surface area contributed by atoms with Crippen LogP contribution in [0.25, 0.3) is 0 Å². The zero-order chi connectivity index (χ0) is 15.7. The summed E-state index contributed by atoms with van der Waals surface area (Å²) in [6.07, 6.45) is -1.11. The van der Waals surface area contributed by atoms with Gasteiger partial charge in [0.1, 0.15) is 11.9 Å². The molecular weight excluding hydrogens is 298 g/mol. The minimum absolute atomic E-state index is 0.353. The van der Waals surface area contributed by atoms with Crippen LogP contribution in [0, 0.1) is 6.92 Å². The molecule has 22 heavy (non-hydrogen) atoms. The number of carbonyl (C=O) groups excluding carboxylic acids is 1. The van der Waals surface area contributed by atoms with Crippen LogP contribution in [0.15, 0.2) is 47.4 Å². The average Bonchev–Trinajstić information content (AvgIpc) is 2.65. The van der Waals surface area contributed by atoms with Crippen LogP contribution < -0.4 is 10.1 Å². The third-order valence-electron chi connectivity index (χ3n) is 3.65. The molecule has 4 nitrogen and oxygen atoms in total. The molecule has 5 heteroatoms. The first-order valence-corrected chi connectivity index (χ1v) is 7.86. The number of aryl methyl sites for hydroxylation is 1. The molecule has 2 N–H and O–H groups in total. The van der Waals surface area contributed by atoms with Crippen molar-refractivity contribution in [1.82, 2.24) is 0 Å². The number of aliphatic hydroxyl groups is 1. The first-order valence-electron chi connectivity index (χ1n) is 6.98. The van der Waals surface area contributed by atoms with Crippen molar-refractivity contribution in [2.24, 2.45) is 0 Å². The fourth-order valence-corrected chi connectivity index (χ4v) is 3.74.